The van der Waals surface area contributed by atoms with Gasteiger partial charge in [-0.2, -0.15) is 11.8 Å². The van der Waals surface area contributed by atoms with Crippen molar-refractivity contribution in [1.82, 2.24) is 9.55 Å². The van der Waals surface area contributed by atoms with Crippen LogP contribution in [0.3, 0.4) is 0 Å². The molecule has 3 nitrogen and oxygen atoms in total. The SMILES string of the molecule is CC(C)CC(N)c1cncn1CC1CCCS1. The summed E-state index contributed by atoms with van der Waals surface area (Å²) in [6, 6.07) is 0.129. The Morgan fingerprint density at radius 1 is 1.59 bits per heavy atom. The molecule has 1 aliphatic heterocycles. The Bertz CT molecular complexity index is 342. The summed E-state index contributed by atoms with van der Waals surface area (Å²) in [5, 5.41) is 0.759. The van der Waals surface area contributed by atoms with Crippen LogP contribution in [0.1, 0.15) is 44.8 Å². The third kappa shape index (κ3) is 3.49. The molecule has 2 unspecified atom stereocenters. The Kier molecular flexibility index (Phi) is 4.51. The molecule has 1 aliphatic rings. The first-order valence-electron chi connectivity index (χ1n) is 6.54. The predicted molar refractivity (Wildman–Crippen MR) is 74.1 cm³/mol. The summed E-state index contributed by atoms with van der Waals surface area (Å²) in [7, 11) is 0. The molecule has 0 spiro atoms. The molecular weight excluding hydrogens is 230 g/mol. The predicted octanol–water partition coefficient (Wildman–Crippen LogP) is 2.82. The Hall–Kier alpha value is -0.480. The molecule has 1 fully saturated rings. The smallest absolute Gasteiger partial charge is 0.0949 e. The van der Waals surface area contributed by atoms with Crippen LogP contribution in [0.2, 0.25) is 0 Å². The van der Waals surface area contributed by atoms with Crippen LogP contribution < -0.4 is 5.73 Å². The Morgan fingerprint density at radius 3 is 3.06 bits per heavy atom. The van der Waals surface area contributed by atoms with Crippen molar-refractivity contribution >= 4 is 11.8 Å². The monoisotopic (exact) mass is 253 g/mol. The van der Waals surface area contributed by atoms with Crippen molar-refractivity contribution in [3.8, 4) is 0 Å². The van der Waals surface area contributed by atoms with Crippen molar-refractivity contribution in [3.05, 3.63) is 18.2 Å². The van der Waals surface area contributed by atoms with Gasteiger partial charge in [0.2, 0.25) is 0 Å². The third-order valence-corrected chi connectivity index (χ3v) is 4.65. The Balaban J connectivity index is 2.00. The quantitative estimate of drug-likeness (QED) is 0.877. The van der Waals surface area contributed by atoms with E-state index in [1.165, 1.54) is 24.3 Å². The van der Waals surface area contributed by atoms with E-state index in [1.807, 2.05) is 12.5 Å². The molecule has 2 heterocycles. The summed E-state index contributed by atoms with van der Waals surface area (Å²) in [6.07, 6.45) is 7.60. The lowest BCUT2D eigenvalue weighted by Gasteiger charge is -2.18. The fourth-order valence-electron chi connectivity index (χ4n) is 2.43. The van der Waals surface area contributed by atoms with Crippen molar-refractivity contribution in [1.29, 1.82) is 0 Å². The van der Waals surface area contributed by atoms with Gasteiger partial charge in [0, 0.05) is 24.0 Å². The van der Waals surface area contributed by atoms with E-state index >= 15 is 0 Å². The first kappa shape index (κ1) is 13.0. The molecular formula is C13H23N3S. The maximum absolute atomic E-state index is 6.25. The molecule has 0 amide bonds. The maximum atomic E-state index is 6.25. The number of rotatable bonds is 5. The van der Waals surface area contributed by atoms with Gasteiger partial charge in [0.1, 0.15) is 0 Å². The molecule has 1 aromatic heterocycles. The zero-order valence-electron chi connectivity index (χ0n) is 10.8. The van der Waals surface area contributed by atoms with Gasteiger partial charge in [-0.3, -0.25) is 0 Å². The van der Waals surface area contributed by atoms with Crippen LogP contribution in [-0.4, -0.2) is 20.6 Å². The molecule has 0 bridgehead atoms. The zero-order chi connectivity index (χ0) is 12.3. The van der Waals surface area contributed by atoms with Crippen LogP contribution in [0.4, 0.5) is 0 Å². The minimum absolute atomic E-state index is 0.129. The number of aromatic nitrogens is 2. The largest absolute Gasteiger partial charge is 0.332 e. The second kappa shape index (κ2) is 5.91. The normalized spacial score (nSPS) is 22.2. The van der Waals surface area contributed by atoms with Gasteiger partial charge < -0.3 is 10.3 Å². The van der Waals surface area contributed by atoms with E-state index in [9.17, 15) is 0 Å². The standard InChI is InChI=1S/C13H23N3S/c1-10(2)6-12(14)13-7-15-9-16(13)8-11-4-3-5-17-11/h7,9-12H,3-6,8,14H2,1-2H3. The molecule has 1 saturated heterocycles. The highest BCUT2D eigenvalue weighted by Crippen LogP contribution is 2.28. The van der Waals surface area contributed by atoms with E-state index in [4.69, 9.17) is 5.73 Å². The van der Waals surface area contributed by atoms with Gasteiger partial charge in [0.05, 0.1) is 12.0 Å². The van der Waals surface area contributed by atoms with Crippen LogP contribution in [0.25, 0.3) is 0 Å². The van der Waals surface area contributed by atoms with Crippen molar-refractivity contribution < 1.29 is 0 Å². The average Bonchev–Trinajstić information content (AvgIpc) is 2.88. The van der Waals surface area contributed by atoms with E-state index in [0.717, 1.165) is 18.2 Å². The Morgan fingerprint density at radius 2 is 2.41 bits per heavy atom. The van der Waals surface area contributed by atoms with Gasteiger partial charge in [0.25, 0.3) is 0 Å². The first-order chi connectivity index (χ1) is 8.16. The van der Waals surface area contributed by atoms with Crippen molar-refractivity contribution in [2.45, 2.75) is 50.9 Å². The molecule has 0 aromatic carbocycles. The highest BCUT2D eigenvalue weighted by molar-refractivity contribution is 8.00. The van der Waals surface area contributed by atoms with Crippen LogP contribution in [-0.2, 0) is 6.54 Å². The van der Waals surface area contributed by atoms with Gasteiger partial charge in [-0.15, -0.1) is 0 Å². The molecule has 4 heteroatoms. The summed E-state index contributed by atoms with van der Waals surface area (Å²) in [5.74, 6) is 1.95. The molecule has 96 valence electrons. The molecule has 0 radical (unpaired) electrons. The summed E-state index contributed by atoms with van der Waals surface area (Å²) >= 11 is 2.09. The molecule has 0 aliphatic carbocycles. The van der Waals surface area contributed by atoms with Crippen LogP contribution in [0.15, 0.2) is 12.5 Å². The molecule has 2 atom stereocenters. The molecule has 1 aromatic rings. The summed E-state index contributed by atoms with van der Waals surface area (Å²) in [5.41, 5.74) is 7.45. The number of hydrogen-bond acceptors (Lipinski definition) is 3. The minimum atomic E-state index is 0.129. The second-order valence-electron chi connectivity index (χ2n) is 5.34. The highest BCUT2D eigenvalue weighted by atomic mass is 32.2. The summed E-state index contributed by atoms with van der Waals surface area (Å²) < 4.78 is 2.26. The minimum Gasteiger partial charge on any atom is -0.332 e. The maximum Gasteiger partial charge on any atom is 0.0949 e. The number of thioether (sulfide) groups is 1. The highest BCUT2D eigenvalue weighted by Gasteiger charge is 2.19. The van der Waals surface area contributed by atoms with E-state index in [-0.39, 0.29) is 6.04 Å². The lowest BCUT2D eigenvalue weighted by molar-refractivity contribution is 0.480. The fraction of sp³-hybridized carbons (Fsp3) is 0.769. The Labute approximate surface area is 108 Å². The number of nitrogens with zero attached hydrogens (tertiary/aromatic N) is 2. The lowest BCUT2D eigenvalue weighted by Crippen LogP contribution is -2.19. The van der Waals surface area contributed by atoms with Crippen LogP contribution >= 0.6 is 11.8 Å². The van der Waals surface area contributed by atoms with E-state index in [2.05, 4.69) is 35.2 Å². The van der Waals surface area contributed by atoms with Gasteiger partial charge in [-0.05, 0) is 30.9 Å². The van der Waals surface area contributed by atoms with E-state index < -0.39 is 0 Å². The molecule has 17 heavy (non-hydrogen) atoms. The van der Waals surface area contributed by atoms with Crippen LogP contribution in [0.5, 0.6) is 0 Å². The number of hydrogen-bond donors (Lipinski definition) is 1. The number of nitrogens with two attached hydrogens (primary N) is 1. The van der Waals surface area contributed by atoms with Crippen molar-refractivity contribution in [2.75, 3.05) is 5.75 Å². The van der Waals surface area contributed by atoms with Crippen LogP contribution in [0, 0.1) is 5.92 Å². The average molecular weight is 253 g/mol. The number of imidazole rings is 1. The van der Waals surface area contributed by atoms with E-state index in [1.54, 1.807) is 0 Å². The van der Waals surface area contributed by atoms with Crippen molar-refractivity contribution in [3.63, 3.8) is 0 Å². The lowest BCUT2D eigenvalue weighted by atomic mass is 10.0. The second-order valence-corrected chi connectivity index (χ2v) is 6.75. The zero-order valence-corrected chi connectivity index (χ0v) is 11.6. The summed E-state index contributed by atoms with van der Waals surface area (Å²) in [4.78, 5) is 4.27. The van der Waals surface area contributed by atoms with E-state index in [0.29, 0.717) is 5.92 Å². The first-order valence-corrected chi connectivity index (χ1v) is 7.59. The summed E-state index contributed by atoms with van der Waals surface area (Å²) in [6.45, 7) is 5.51. The van der Waals surface area contributed by atoms with Gasteiger partial charge >= 0.3 is 0 Å². The molecule has 2 N–H and O–H groups in total. The fourth-order valence-corrected chi connectivity index (χ4v) is 3.69. The van der Waals surface area contributed by atoms with Gasteiger partial charge in [-0.1, -0.05) is 13.8 Å². The van der Waals surface area contributed by atoms with Gasteiger partial charge in [-0.25, -0.2) is 4.98 Å². The van der Waals surface area contributed by atoms with Gasteiger partial charge in [0.15, 0.2) is 0 Å². The third-order valence-electron chi connectivity index (χ3n) is 3.27. The molecule has 2 rings (SSSR count). The topological polar surface area (TPSA) is 43.8 Å². The van der Waals surface area contributed by atoms with Crippen molar-refractivity contribution in [2.24, 2.45) is 11.7 Å². The molecule has 0 saturated carbocycles.